The largest absolute Gasteiger partial charge is 0.462 e. The second-order valence-corrected chi connectivity index (χ2v) is 9.63. The van der Waals surface area contributed by atoms with Gasteiger partial charge >= 0.3 is 5.97 Å². The Morgan fingerprint density at radius 1 is 1.06 bits per heavy atom. The van der Waals surface area contributed by atoms with Crippen LogP contribution in [-0.2, 0) is 21.3 Å². The fraction of sp³-hybridized carbons (Fsp3) is 0.200. The molecule has 3 aromatic carbocycles. The lowest BCUT2D eigenvalue weighted by Crippen LogP contribution is -2.09. The predicted molar refractivity (Wildman–Crippen MR) is 130 cm³/mol. The topological polar surface area (TPSA) is 90.3 Å². The number of aromatic nitrogens is 2. The minimum absolute atomic E-state index is 0.296. The van der Waals surface area contributed by atoms with Crippen molar-refractivity contribution in [1.29, 1.82) is 0 Å². The van der Waals surface area contributed by atoms with Gasteiger partial charge in [0.2, 0.25) is 10.0 Å². The zero-order chi connectivity index (χ0) is 23.6. The zero-order valence-corrected chi connectivity index (χ0v) is 19.5. The number of anilines is 1. The molecule has 0 aliphatic rings. The minimum atomic E-state index is -3.41. The van der Waals surface area contributed by atoms with E-state index >= 15 is 0 Å². The number of carbonyl (C=O) groups is 1. The molecule has 0 atom stereocenters. The van der Waals surface area contributed by atoms with Crippen LogP contribution in [0.1, 0.15) is 28.4 Å². The molecule has 0 saturated heterocycles. The van der Waals surface area contributed by atoms with Gasteiger partial charge in [-0.2, -0.15) is 0 Å². The van der Waals surface area contributed by atoms with Gasteiger partial charge in [-0.3, -0.25) is 4.72 Å². The van der Waals surface area contributed by atoms with Crippen LogP contribution in [-0.4, -0.2) is 36.8 Å². The monoisotopic (exact) mass is 463 g/mol. The van der Waals surface area contributed by atoms with Gasteiger partial charge in [-0.25, -0.2) is 18.2 Å². The van der Waals surface area contributed by atoms with E-state index in [2.05, 4.69) is 33.6 Å². The molecular weight excluding hydrogens is 438 g/mol. The van der Waals surface area contributed by atoms with Crippen molar-refractivity contribution >= 4 is 32.7 Å². The lowest BCUT2D eigenvalue weighted by Gasteiger charge is -2.11. The summed E-state index contributed by atoms with van der Waals surface area (Å²) < 4.78 is 33.1. The van der Waals surface area contributed by atoms with Crippen molar-refractivity contribution in [3.05, 3.63) is 83.4 Å². The van der Waals surface area contributed by atoms with Gasteiger partial charge in [0.05, 0.1) is 29.5 Å². The summed E-state index contributed by atoms with van der Waals surface area (Å²) >= 11 is 0. The fourth-order valence-electron chi connectivity index (χ4n) is 3.66. The van der Waals surface area contributed by atoms with E-state index in [9.17, 15) is 13.2 Å². The second kappa shape index (κ2) is 9.07. The van der Waals surface area contributed by atoms with Crippen LogP contribution in [0, 0.1) is 6.92 Å². The number of aryl methyl sites for hydroxylation is 1. The SMILES string of the molecule is CCOC(=O)c1ccc2c(c1)nc(-c1cccc(NS(C)(=O)=O)c1)n2Cc1ccc(C)cc1. The summed E-state index contributed by atoms with van der Waals surface area (Å²) in [5.41, 5.74) is 5.43. The molecule has 1 heterocycles. The molecule has 0 amide bonds. The van der Waals surface area contributed by atoms with Crippen molar-refractivity contribution in [2.75, 3.05) is 17.6 Å². The van der Waals surface area contributed by atoms with Crippen LogP contribution < -0.4 is 4.72 Å². The van der Waals surface area contributed by atoms with Gasteiger partial charge in [-0.1, -0.05) is 42.0 Å². The van der Waals surface area contributed by atoms with Crippen LogP contribution in [0.5, 0.6) is 0 Å². The number of hydrogen-bond acceptors (Lipinski definition) is 5. The molecule has 1 N–H and O–H groups in total. The number of hydrogen-bond donors (Lipinski definition) is 1. The lowest BCUT2D eigenvalue weighted by molar-refractivity contribution is 0.0526. The van der Waals surface area contributed by atoms with Gasteiger partial charge in [-0.15, -0.1) is 0 Å². The Kier molecular flexibility index (Phi) is 6.20. The maximum atomic E-state index is 12.2. The van der Waals surface area contributed by atoms with E-state index < -0.39 is 16.0 Å². The van der Waals surface area contributed by atoms with Gasteiger partial charge in [0.1, 0.15) is 5.82 Å². The molecule has 0 bridgehead atoms. The number of imidazole rings is 1. The van der Waals surface area contributed by atoms with Crippen molar-refractivity contribution < 1.29 is 17.9 Å². The van der Waals surface area contributed by atoms with Gasteiger partial charge in [0.15, 0.2) is 0 Å². The van der Waals surface area contributed by atoms with Crippen molar-refractivity contribution in [1.82, 2.24) is 9.55 Å². The molecule has 0 fully saturated rings. The third-order valence-electron chi connectivity index (χ3n) is 5.14. The van der Waals surface area contributed by atoms with Crippen LogP contribution >= 0.6 is 0 Å². The lowest BCUT2D eigenvalue weighted by atomic mass is 10.1. The third kappa shape index (κ3) is 5.23. The van der Waals surface area contributed by atoms with Crippen LogP contribution in [0.4, 0.5) is 5.69 Å². The predicted octanol–water partition coefficient (Wildman–Crippen LogP) is 4.61. The van der Waals surface area contributed by atoms with Crippen LogP contribution in [0.2, 0.25) is 0 Å². The molecule has 0 saturated carbocycles. The molecule has 0 unspecified atom stereocenters. The van der Waals surface area contributed by atoms with Crippen molar-refractivity contribution in [2.45, 2.75) is 20.4 Å². The first-order valence-electron chi connectivity index (χ1n) is 10.5. The first kappa shape index (κ1) is 22.5. The number of sulfonamides is 1. The van der Waals surface area contributed by atoms with E-state index in [1.165, 1.54) is 5.56 Å². The van der Waals surface area contributed by atoms with E-state index in [1.807, 2.05) is 19.1 Å². The number of esters is 1. The summed E-state index contributed by atoms with van der Waals surface area (Å²) in [7, 11) is -3.41. The molecule has 0 radical (unpaired) electrons. The molecule has 33 heavy (non-hydrogen) atoms. The highest BCUT2D eigenvalue weighted by Gasteiger charge is 2.17. The fourth-order valence-corrected chi connectivity index (χ4v) is 4.22. The second-order valence-electron chi connectivity index (χ2n) is 7.89. The standard InChI is InChI=1S/C25H25N3O4S/c1-4-32-25(29)20-12-13-23-22(15-20)26-24(28(23)16-18-10-8-17(2)9-11-18)19-6-5-7-21(14-19)27-33(3,30)31/h5-15,27H,4,16H2,1-3H3. The Morgan fingerprint density at radius 3 is 2.52 bits per heavy atom. The van der Waals surface area contributed by atoms with Crippen molar-refractivity contribution in [3.63, 3.8) is 0 Å². The summed E-state index contributed by atoms with van der Waals surface area (Å²) in [6, 6.07) is 20.7. The molecule has 0 aliphatic carbocycles. The number of benzene rings is 3. The molecule has 170 valence electrons. The quantitative estimate of drug-likeness (QED) is 0.404. The Bertz CT molecular complexity index is 1420. The Morgan fingerprint density at radius 2 is 1.82 bits per heavy atom. The summed E-state index contributed by atoms with van der Waals surface area (Å²) in [4.78, 5) is 17.0. The Balaban J connectivity index is 1.85. The summed E-state index contributed by atoms with van der Waals surface area (Å²) in [5, 5.41) is 0. The summed E-state index contributed by atoms with van der Waals surface area (Å²) in [6.45, 7) is 4.67. The maximum Gasteiger partial charge on any atom is 0.338 e. The van der Waals surface area contributed by atoms with Crippen molar-refractivity contribution in [2.24, 2.45) is 0 Å². The normalized spacial score (nSPS) is 11.5. The first-order valence-corrected chi connectivity index (χ1v) is 12.4. The molecule has 0 aliphatic heterocycles. The maximum absolute atomic E-state index is 12.2. The molecule has 7 nitrogen and oxygen atoms in total. The number of carbonyl (C=O) groups excluding carboxylic acids is 1. The third-order valence-corrected chi connectivity index (χ3v) is 5.75. The van der Waals surface area contributed by atoms with Gasteiger partial charge in [0.25, 0.3) is 0 Å². The zero-order valence-electron chi connectivity index (χ0n) is 18.7. The number of ether oxygens (including phenoxy) is 1. The highest BCUT2D eigenvalue weighted by molar-refractivity contribution is 7.92. The highest BCUT2D eigenvalue weighted by Crippen LogP contribution is 2.29. The van der Waals surface area contributed by atoms with Crippen LogP contribution in [0.15, 0.2) is 66.7 Å². The summed E-state index contributed by atoms with van der Waals surface area (Å²) in [5.74, 6) is 0.275. The van der Waals surface area contributed by atoms with E-state index in [-0.39, 0.29) is 0 Å². The number of nitrogens with one attached hydrogen (secondary N) is 1. The Labute approximate surface area is 193 Å². The number of nitrogens with zero attached hydrogens (tertiary/aromatic N) is 2. The minimum Gasteiger partial charge on any atom is -0.462 e. The molecule has 8 heteroatoms. The summed E-state index contributed by atoms with van der Waals surface area (Å²) in [6.07, 6.45) is 1.11. The van der Waals surface area contributed by atoms with Gasteiger partial charge < -0.3 is 9.30 Å². The first-order chi connectivity index (χ1) is 15.7. The van der Waals surface area contributed by atoms with Crippen LogP contribution in [0.3, 0.4) is 0 Å². The van der Waals surface area contributed by atoms with E-state index in [4.69, 9.17) is 9.72 Å². The average molecular weight is 464 g/mol. The van der Waals surface area contributed by atoms with Gasteiger partial charge in [0, 0.05) is 17.8 Å². The Hall–Kier alpha value is -3.65. The molecule has 0 spiro atoms. The average Bonchev–Trinajstić information content (AvgIpc) is 3.12. The smallest absolute Gasteiger partial charge is 0.338 e. The van der Waals surface area contributed by atoms with Crippen LogP contribution in [0.25, 0.3) is 22.4 Å². The molecule has 4 rings (SSSR count). The molecule has 1 aromatic heterocycles. The van der Waals surface area contributed by atoms with Crippen molar-refractivity contribution in [3.8, 4) is 11.4 Å². The van der Waals surface area contributed by atoms with E-state index in [0.717, 1.165) is 22.9 Å². The number of fused-ring (bicyclic) bond motifs is 1. The molecule has 4 aromatic rings. The molecular formula is C25H25N3O4S. The number of rotatable bonds is 7. The van der Waals surface area contributed by atoms with E-state index in [1.54, 1.807) is 37.3 Å². The van der Waals surface area contributed by atoms with E-state index in [0.29, 0.717) is 35.7 Å². The highest BCUT2D eigenvalue weighted by atomic mass is 32.2. The van der Waals surface area contributed by atoms with Gasteiger partial charge in [-0.05, 0) is 49.7 Å².